The number of methoxy groups -OCH3 is 2. The summed E-state index contributed by atoms with van der Waals surface area (Å²) in [6, 6.07) is 12.1. The smallest absolute Gasteiger partial charge is 0.341 e. The lowest BCUT2D eigenvalue weighted by Gasteiger charge is -2.58. The molecule has 2 aromatic rings. The Hall–Kier alpha value is -2.89. The van der Waals surface area contributed by atoms with Crippen molar-refractivity contribution in [2.45, 2.75) is 68.8 Å². The predicted molar refractivity (Wildman–Crippen MR) is 128 cm³/mol. The van der Waals surface area contributed by atoms with Crippen molar-refractivity contribution in [3.05, 3.63) is 47.5 Å². The van der Waals surface area contributed by atoms with Crippen molar-refractivity contribution in [2.75, 3.05) is 20.8 Å². The number of hydrogen-bond acceptors (Lipinski definition) is 5. The molecule has 2 atom stereocenters. The van der Waals surface area contributed by atoms with Gasteiger partial charge in [0.15, 0.2) is 6.61 Å². The fraction of sp³-hybridized carbons (Fsp3) is 0.536. The van der Waals surface area contributed by atoms with E-state index in [0.29, 0.717) is 11.5 Å². The maximum Gasteiger partial charge on any atom is 0.341 e. The van der Waals surface area contributed by atoms with Gasteiger partial charge in [0.2, 0.25) is 0 Å². The van der Waals surface area contributed by atoms with E-state index in [0.717, 1.165) is 49.2 Å². The van der Waals surface area contributed by atoms with Gasteiger partial charge >= 0.3 is 5.97 Å². The summed E-state index contributed by atoms with van der Waals surface area (Å²) in [5, 5.41) is 9.32. The first-order valence-electron chi connectivity index (χ1n) is 12.4. The first-order chi connectivity index (χ1) is 16.5. The average Bonchev–Trinajstić information content (AvgIpc) is 2.87. The van der Waals surface area contributed by atoms with Gasteiger partial charge in [0.05, 0.1) is 14.2 Å². The number of ether oxygens (including phenoxy) is 4. The highest BCUT2D eigenvalue weighted by atomic mass is 16.5. The van der Waals surface area contributed by atoms with E-state index in [1.54, 1.807) is 20.3 Å². The number of carboxylic acids is 1. The topological polar surface area (TPSA) is 74.2 Å². The van der Waals surface area contributed by atoms with Crippen molar-refractivity contribution < 1.29 is 28.8 Å². The van der Waals surface area contributed by atoms with Gasteiger partial charge in [-0.2, -0.15) is 0 Å². The summed E-state index contributed by atoms with van der Waals surface area (Å²) >= 11 is 0. The summed E-state index contributed by atoms with van der Waals surface area (Å²) in [6.07, 6.45) is 10.1. The van der Waals surface area contributed by atoms with Crippen LogP contribution in [0.5, 0.6) is 23.0 Å². The molecule has 1 heterocycles. The molecule has 0 amide bonds. The lowest BCUT2D eigenvalue weighted by molar-refractivity contribution is -0.139. The van der Waals surface area contributed by atoms with Gasteiger partial charge in [0.1, 0.15) is 28.6 Å². The van der Waals surface area contributed by atoms with Gasteiger partial charge in [-0.25, -0.2) is 4.79 Å². The van der Waals surface area contributed by atoms with Crippen LogP contribution in [0.15, 0.2) is 36.4 Å². The zero-order valence-corrected chi connectivity index (χ0v) is 20.1. The van der Waals surface area contributed by atoms with E-state index < -0.39 is 18.2 Å². The van der Waals surface area contributed by atoms with Crippen molar-refractivity contribution in [1.29, 1.82) is 0 Å². The van der Waals surface area contributed by atoms with E-state index in [4.69, 9.17) is 18.9 Å². The molecule has 182 valence electrons. The zero-order valence-electron chi connectivity index (χ0n) is 20.1. The number of benzene rings is 2. The van der Waals surface area contributed by atoms with E-state index in [2.05, 4.69) is 12.1 Å². The van der Waals surface area contributed by atoms with Crippen molar-refractivity contribution >= 4 is 5.97 Å². The Morgan fingerprint density at radius 3 is 2.32 bits per heavy atom. The van der Waals surface area contributed by atoms with Crippen LogP contribution in [-0.4, -0.2) is 31.9 Å². The lowest BCUT2D eigenvalue weighted by Crippen LogP contribution is -2.57. The molecule has 2 aliphatic carbocycles. The van der Waals surface area contributed by atoms with Gasteiger partial charge in [0, 0.05) is 34.6 Å². The fourth-order valence-electron chi connectivity index (χ4n) is 6.91. The number of carbonyl (C=O) groups is 1. The maximum atomic E-state index is 11.4. The third kappa shape index (κ3) is 3.68. The largest absolute Gasteiger partial charge is 0.497 e. The summed E-state index contributed by atoms with van der Waals surface area (Å²) in [6.45, 7) is -0.406. The Balaban J connectivity index is 1.71. The first kappa shape index (κ1) is 22.9. The lowest BCUT2D eigenvalue weighted by atomic mass is 9.51. The van der Waals surface area contributed by atoms with Gasteiger partial charge in [-0.1, -0.05) is 31.7 Å². The van der Waals surface area contributed by atoms with E-state index in [-0.39, 0.29) is 11.3 Å². The summed E-state index contributed by atoms with van der Waals surface area (Å²) in [4.78, 5) is 11.4. The standard InChI is InChI=1S/C28H34O6/c1-31-19-10-12-22(23(16-19)33-18-26(29)30)28-15-7-4-8-25(28)27(13-5-3-6-14-27)21-11-9-20(32-2)17-24(21)34-28/h9-12,16-17,25H,3-8,13-15,18H2,1-2H3,(H,29,30)/t25-,28+/m1/s1. The molecule has 6 heteroatoms. The summed E-state index contributed by atoms with van der Waals surface area (Å²) < 4.78 is 23.9. The zero-order chi connectivity index (χ0) is 23.8. The normalized spacial score (nSPS) is 24.9. The van der Waals surface area contributed by atoms with Crippen LogP contribution in [0.4, 0.5) is 0 Å². The third-order valence-electron chi connectivity index (χ3n) is 8.28. The number of rotatable bonds is 6. The van der Waals surface area contributed by atoms with Gasteiger partial charge in [-0.15, -0.1) is 0 Å². The van der Waals surface area contributed by atoms with Crippen LogP contribution < -0.4 is 18.9 Å². The molecular formula is C28H34O6. The minimum absolute atomic E-state index is 0.0303. The highest BCUT2D eigenvalue weighted by molar-refractivity contribution is 5.68. The third-order valence-corrected chi connectivity index (χ3v) is 8.28. The molecule has 0 radical (unpaired) electrons. The molecule has 2 fully saturated rings. The van der Waals surface area contributed by atoms with Crippen molar-refractivity contribution in [2.24, 2.45) is 5.92 Å². The average molecular weight is 467 g/mol. The highest BCUT2D eigenvalue weighted by Crippen LogP contribution is 2.64. The molecule has 6 nitrogen and oxygen atoms in total. The highest BCUT2D eigenvalue weighted by Gasteiger charge is 2.59. The van der Waals surface area contributed by atoms with E-state index in [1.165, 1.54) is 31.2 Å². The van der Waals surface area contributed by atoms with Crippen molar-refractivity contribution in [1.82, 2.24) is 0 Å². The van der Waals surface area contributed by atoms with Crippen LogP contribution >= 0.6 is 0 Å². The second kappa shape index (κ2) is 9.05. The Bertz CT molecular complexity index is 1060. The fourth-order valence-corrected chi connectivity index (χ4v) is 6.91. The second-order valence-electron chi connectivity index (χ2n) is 9.91. The Morgan fingerprint density at radius 1 is 0.941 bits per heavy atom. The van der Waals surface area contributed by atoms with Gasteiger partial charge < -0.3 is 24.1 Å². The summed E-state index contributed by atoms with van der Waals surface area (Å²) in [5.74, 6) is 2.13. The van der Waals surface area contributed by atoms with Crippen molar-refractivity contribution in [3.63, 3.8) is 0 Å². The van der Waals surface area contributed by atoms with Gasteiger partial charge in [0.25, 0.3) is 0 Å². The summed E-state index contributed by atoms with van der Waals surface area (Å²) in [5.41, 5.74) is 1.67. The summed E-state index contributed by atoms with van der Waals surface area (Å²) in [7, 11) is 3.29. The number of hydrogen-bond donors (Lipinski definition) is 1. The SMILES string of the molecule is COc1ccc2c(c1)O[C@]1(c3ccc(OC)cc3OCC(=O)O)CCCC[C@@H]1C21CCCCC1. The van der Waals surface area contributed by atoms with Crippen LogP contribution in [-0.2, 0) is 15.8 Å². The van der Waals surface area contributed by atoms with Gasteiger partial charge in [-0.3, -0.25) is 0 Å². The predicted octanol–water partition coefficient (Wildman–Crippen LogP) is 5.85. The molecule has 3 aliphatic rings. The molecule has 0 saturated heterocycles. The Labute approximate surface area is 201 Å². The molecule has 0 aromatic heterocycles. The minimum Gasteiger partial charge on any atom is -0.497 e. The molecule has 0 bridgehead atoms. The van der Waals surface area contributed by atoms with Crippen LogP contribution in [0.3, 0.4) is 0 Å². The van der Waals surface area contributed by atoms with E-state index in [9.17, 15) is 9.90 Å². The molecule has 34 heavy (non-hydrogen) atoms. The number of aliphatic carboxylic acids is 1. The minimum atomic E-state index is -1.00. The second-order valence-corrected chi connectivity index (χ2v) is 9.91. The first-order valence-corrected chi connectivity index (χ1v) is 12.4. The van der Waals surface area contributed by atoms with E-state index in [1.807, 2.05) is 18.2 Å². The Kier molecular flexibility index (Phi) is 6.09. The monoisotopic (exact) mass is 466 g/mol. The molecule has 0 unspecified atom stereocenters. The number of carboxylic acid groups (broad SMARTS) is 1. The quantitative estimate of drug-likeness (QED) is 0.576. The van der Waals surface area contributed by atoms with E-state index >= 15 is 0 Å². The van der Waals surface area contributed by atoms with Crippen LogP contribution in [0.2, 0.25) is 0 Å². The molecule has 2 aromatic carbocycles. The molecule has 1 spiro atoms. The van der Waals surface area contributed by atoms with Crippen LogP contribution in [0, 0.1) is 5.92 Å². The Morgan fingerprint density at radius 2 is 1.62 bits per heavy atom. The molecule has 1 aliphatic heterocycles. The van der Waals surface area contributed by atoms with Crippen LogP contribution in [0.25, 0.3) is 0 Å². The molecule has 1 N–H and O–H groups in total. The molecule has 2 saturated carbocycles. The molecule has 5 rings (SSSR count). The maximum absolute atomic E-state index is 11.4. The van der Waals surface area contributed by atoms with Gasteiger partial charge in [-0.05, 0) is 50.3 Å². The number of fused-ring (bicyclic) bond motifs is 4. The van der Waals surface area contributed by atoms with Crippen molar-refractivity contribution in [3.8, 4) is 23.0 Å². The van der Waals surface area contributed by atoms with Crippen LogP contribution in [0.1, 0.15) is 68.9 Å². The molecular weight excluding hydrogens is 432 g/mol.